The zero-order valence-electron chi connectivity index (χ0n) is 16.6. The summed E-state index contributed by atoms with van der Waals surface area (Å²) in [5, 5.41) is 16.2. The summed E-state index contributed by atoms with van der Waals surface area (Å²) in [7, 11) is 0. The molecule has 154 valence electrons. The monoisotopic (exact) mass is 414 g/mol. The van der Waals surface area contributed by atoms with E-state index in [0.717, 1.165) is 16.6 Å². The number of imidazole rings is 1. The van der Waals surface area contributed by atoms with Crippen molar-refractivity contribution in [3.8, 4) is 5.75 Å². The maximum absolute atomic E-state index is 13.4. The third kappa shape index (κ3) is 3.30. The highest BCUT2D eigenvalue weighted by Crippen LogP contribution is 2.40. The first kappa shape index (κ1) is 18.9. The Morgan fingerprint density at radius 3 is 2.65 bits per heavy atom. The number of hydrogen-bond donors (Lipinski definition) is 3. The number of rotatable bonds is 3. The minimum Gasteiger partial charge on any atom is -0.508 e. The first-order valence-corrected chi connectivity index (χ1v) is 9.82. The number of aromatic hydroxyl groups is 1. The Labute approximate surface area is 177 Å². The lowest BCUT2D eigenvalue weighted by molar-refractivity contribution is -0.113. The number of anilines is 2. The predicted octanol–water partition coefficient (Wildman–Crippen LogP) is 4.81. The minimum atomic E-state index is -0.517. The van der Waals surface area contributed by atoms with Gasteiger partial charge in [-0.25, -0.2) is 9.37 Å². The molecule has 0 radical (unpaired) electrons. The number of nitrogens with zero attached hydrogens (tertiary/aromatic N) is 2. The predicted molar refractivity (Wildman–Crippen MR) is 117 cm³/mol. The van der Waals surface area contributed by atoms with Crippen LogP contribution in [0.1, 0.15) is 18.5 Å². The Morgan fingerprint density at radius 2 is 1.87 bits per heavy atom. The molecule has 3 N–H and O–H groups in total. The van der Waals surface area contributed by atoms with E-state index in [9.17, 15) is 14.3 Å². The van der Waals surface area contributed by atoms with Crippen LogP contribution in [0.15, 0.2) is 84.1 Å². The van der Waals surface area contributed by atoms with Crippen LogP contribution >= 0.6 is 0 Å². The molecule has 1 atom stereocenters. The Balaban J connectivity index is 1.66. The molecule has 1 aliphatic rings. The highest BCUT2D eigenvalue weighted by Gasteiger charge is 2.34. The van der Waals surface area contributed by atoms with Crippen molar-refractivity contribution in [1.29, 1.82) is 0 Å². The Hall–Kier alpha value is -4.13. The molecule has 0 aliphatic carbocycles. The van der Waals surface area contributed by atoms with Crippen molar-refractivity contribution in [3.05, 3.63) is 95.4 Å². The molecule has 1 aromatic heterocycles. The zero-order valence-corrected chi connectivity index (χ0v) is 16.6. The van der Waals surface area contributed by atoms with Gasteiger partial charge in [0.05, 0.1) is 22.6 Å². The number of carbonyl (C=O) groups excluding carboxylic acids is 1. The molecule has 2 heterocycles. The van der Waals surface area contributed by atoms with E-state index in [1.165, 1.54) is 24.3 Å². The molecule has 1 amide bonds. The van der Waals surface area contributed by atoms with Crippen molar-refractivity contribution < 1.29 is 14.3 Å². The van der Waals surface area contributed by atoms with E-state index in [0.29, 0.717) is 22.9 Å². The Kier molecular flexibility index (Phi) is 4.43. The van der Waals surface area contributed by atoms with E-state index in [1.54, 1.807) is 18.2 Å². The molecule has 4 aromatic rings. The highest BCUT2D eigenvalue weighted by molar-refractivity contribution is 6.06. The largest absolute Gasteiger partial charge is 0.508 e. The van der Waals surface area contributed by atoms with Crippen LogP contribution in [-0.4, -0.2) is 20.6 Å². The number of nitrogens with one attached hydrogen (secondary N) is 2. The lowest BCUT2D eigenvalue weighted by Crippen LogP contribution is -2.30. The second-order valence-electron chi connectivity index (χ2n) is 7.42. The summed E-state index contributed by atoms with van der Waals surface area (Å²) in [5.74, 6) is 0.0246. The summed E-state index contributed by atoms with van der Waals surface area (Å²) in [6, 6.07) is 19.6. The molecule has 5 rings (SSSR count). The smallest absolute Gasteiger partial charge is 0.255 e. The average molecular weight is 414 g/mol. The summed E-state index contributed by atoms with van der Waals surface area (Å²) in [6.45, 7) is 1.82. The van der Waals surface area contributed by atoms with Crippen LogP contribution in [0.5, 0.6) is 5.75 Å². The van der Waals surface area contributed by atoms with E-state index >= 15 is 0 Å². The van der Waals surface area contributed by atoms with E-state index < -0.39 is 6.04 Å². The number of aromatic nitrogens is 2. The van der Waals surface area contributed by atoms with E-state index in [4.69, 9.17) is 0 Å². The van der Waals surface area contributed by atoms with Gasteiger partial charge >= 0.3 is 0 Å². The van der Waals surface area contributed by atoms with Gasteiger partial charge in [-0.15, -0.1) is 0 Å². The van der Waals surface area contributed by atoms with Gasteiger partial charge in [0.15, 0.2) is 0 Å². The molecule has 6 nitrogen and oxygen atoms in total. The van der Waals surface area contributed by atoms with Crippen LogP contribution in [0.4, 0.5) is 16.0 Å². The number of phenols is 1. The van der Waals surface area contributed by atoms with Gasteiger partial charge in [-0.2, -0.15) is 0 Å². The summed E-state index contributed by atoms with van der Waals surface area (Å²) in [5.41, 5.74) is 4.01. The number of carbonyl (C=O) groups is 1. The fourth-order valence-corrected chi connectivity index (χ4v) is 4.00. The quantitative estimate of drug-likeness (QED) is 0.450. The third-order valence-electron chi connectivity index (χ3n) is 5.36. The molecule has 0 saturated carbocycles. The Morgan fingerprint density at radius 1 is 1.10 bits per heavy atom. The molecular formula is C24H19FN4O2. The van der Waals surface area contributed by atoms with Gasteiger partial charge in [0.1, 0.15) is 11.6 Å². The van der Waals surface area contributed by atoms with Crippen molar-refractivity contribution >= 4 is 28.6 Å². The number of amides is 1. The lowest BCUT2D eigenvalue weighted by atomic mass is 9.94. The van der Waals surface area contributed by atoms with Gasteiger partial charge in [0.2, 0.25) is 5.95 Å². The number of para-hydroxylation sites is 2. The zero-order chi connectivity index (χ0) is 21.5. The normalized spacial score (nSPS) is 15.5. The average Bonchev–Trinajstić information content (AvgIpc) is 3.12. The van der Waals surface area contributed by atoms with Crippen LogP contribution in [0.3, 0.4) is 0 Å². The minimum absolute atomic E-state index is 0.109. The SMILES string of the molecule is CC1=C(C(=O)Nc2ccc(F)cc2)[C@H](c2cccc(O)c2)n2c(nc3ccccc32)N1. The maximum Gasteiger partial charge on any atom is 0.255 e. The van der Waals surface area contributed by atoms with Crippen molar-refractivity contribution in [2.45, 2.75) is 13.0 Å². The number of halogens is 1. The van der Waals surface area contributed by atoms with Crippen LogP contribution in [0.2, 0.25) is 0 Å². The van der Waals surface area contributed by atoms with Gasteiger partial charge in [0.25, 0.3) is 5.91 Å². The van der Waals surface area contributed by atoms with Crippen molar-refractivity contribution in [1.82, 2.24) is 9.55 Å². The molecule has 1 aliphatic heterocycles. The van der Waals surface area contributed by atoms with Crippen LogP contribution in [-0.2, 0) is 4.79 Å². The maximum atomic E-state index is 13.4. The molecular weight excluding hydrogens is 395 g/mol. The second kappa shape index (κ2) is 7.28. The first-order valence-electron chi connectivity index (χ1n) is 9.82. The van der Waals surface area contributed by atoms with Gasteiger partial charge in [-0.3, -0.25) is 9.36 Å². The van der Waals surface area contributed by atoms with Gasteiger partial charge in [0, 0.05) is 11.4 Å². The van der Waals surface area contributed by atoms with E-state index in [1.807, 2.05) is 41.8 Å². The van der Waals surface area contributed by atoms with Crippen molar-refractivity contribution in [2.24, 2.45) is 0 Å². The summed E-state index contributed by atoms with van der Waals surface area (Å²) in [6.07, 6.45) is 0. The number of phenolic OH excluding ortho intramolecular Hbond substituents is 1. The fourth-order valence-electron chi connectivity index (χ4n) is 4.00. The molecule has 3 aromatic carbocycles. The van der Waals surface area contributed by atoms with E-state index in [2.05, 4.69) is 15.6 Å². The molecule has 0 spiro atoms. The summed E-state index contributed by atoms with van der Waals surface area (Å²) >= 11 is 0. The molecule has 0 fully saturated rings. The van der Waals surface area contributed by atoms with Crippen molar-refractivity contribution in [2.75, 3.05) is 10.6 Å². The molecule has 7 heteroatoms. The second-order valence-corrected chi connectivity index (χ2v) is 7.42. The molecule has 31 heavy (non-hydrogen) atoms. The van der Waals surface area contributed by atoms with Gasteiger partial charge < -0.3 is 15.7 Å². The number of hydrogen-bond acceptors (Lipinski definition) is 4. The molecule has 0 unspecified atom stereocenters. The summed E-state index contributed by atoms with van der Waals surface area (Å²) < 4.78 is 15.2. The number of fused-ring (bicyclic) bond motifs is 3. The topological polar surface area (TPSA) is 79.2 Å². The first-order chi connectivity index (χ1) is 15.0. The Bertz CT molecular complexity index is 1340. The van der Waals surface area contributed by atoms with Crippen LogP contribution in [0, 0.1) is 5.82 Å². The highest BCUT2D eigenvalue weighted by atomic mass is 19.1. The third-order valence-corrected chi connectivity index (χ3v) is 5.36. The number of allylic oxidation sites excluding steroid dienone is 1. The molecule has 0 saturated heterocycles. The van der Waals surface area contributed by atoms with Crippen molar-refractivity contribution in [3.63, 3.8) is 0 Å². The summed E-state index contributed by atoms with van der Waals surface area (Å²) in [4.78, 5) is 18.1. The van der Waals surface area contributed by atoms with Gasteiger partial charge in [-0.05, 0) is 61.0 Å². The lowest BCUT2D eigenvalue weighted by Gasteiger charge is -2.30. The standard InChI is InChI=1S/C24H19FN4O2/c1-14-21(23(31)27-17-11-9-16(25)10-12-17)22(15-5-4-6-18(30)13-15)29-20-8-3-2-7-19(20)28-24(29)26-14/h2-13,22,30H,1H3,(H,26,28)(H,27,31)/t22-/m0/s1. The molecule has 0 bridgehead atoms. The van der Waals surface area contributed by atoms with E-state index in [-0.39, 0.29) is 17.5 Å². The fraction of sp³-hybridized carbons (Fsp3) is 0.0833. The van der Waals surface area contributed by atoms with Gasteiger partial charge in [-0.1, -0.05) is 24.3 Å². The van der Waals surface area contributed by atoms with Crippen LogP contribution < -0.4 is 10.6 Å². The van der Waals surface area contributed by atoms with Crippen LogP contribution in [0.25, 0.3) is 11.0 Å². The number of benzene rings is 3.